The third kappa shape index (κ3) is 4.17. The Morgan fingerprint density at radius 1 is 1.21 bits per heavy atom. The van der Waals surface area contributed by atoms with E-state index >= 15 is 0 Å². The summed E-state index contributed by atoms with van der Waals surface area (Å²) in [6, 6.07) is 5.29. The number of aromatic nitrogens is 3. The largest absolute Gasteiger partial charge is 0.505 e. The fraction of sp³-hybridized carbons (Fsp3) is 0.0667. The number of carboxylic acids is 1. The van der Waals surface area contributed by atoms with Crippen LogP contribution in [0.5, 0.6) is 5.75 Å². The van der Waals surface area contributed by atoms with Crippen molar-refractivity contribution in [1.82, 2.24) is 15.2 Å². The normalized spacial score (nSPS) is 11.8. The second-order valence-corrected chi connectivity index (χ2v) is 7.04. The van der Waals surface area contributed by atoms with Crippen LogP contribution in [0.15, 0.2) is 39.4 Å². The third-order valence-corrected chi connectivity index (χ3v) is 4.43. The van der Waals surface area contributed by atoms with Crippen LogP contribution in [0.4, 0.5) is 17.3 Å². The summed E-state index contributed by atoms with van der Waals surface area (Å²) in [4.78, 5) is 24.7. The van der Waals surface area contributed by atoms with Crippen LogP contribution in [-0.2, 0) is 14.9 Å². The zero-order chi connectivity index (χ0) is 21.3. The number of hydrogen-bond acceptors (Lipinski definition) is 9. The Kier molecular flexibility index (Phi) is 4.96. The summed E-state index contributed by atoms with van der Waals surface area (Å²) >= 11 is 0. The minimum atomic E-state index is -4.84. The van der Waals surface area contributed by atoms with E-state index in [1.54, 1.807) is 0 Å². The number of benzene rings is 2. The number of carbonyl (C=O) groups excluding carboxylic acids is 1. The molecular formula is C15H12N6O7S. The molecule has 14 heteroatoms. The smallest absolute Gasteiger partial charge is 0.373 e. The number of phenols is 1. The minimum absolute atomic E-state index is 0.154. The molecule has 1 aromatic heterocycles. The molecular weight excluding hydrogens is 408 g/mol. The topological polar surface area (TPSA) is 207 Å². The number of aromatic amines is 1. The number of amides is 1. The first kappa shape index (κ1) is 19.8. The van der Waals surface area contributed by atoms with Gasteiger partial charge in [-0.15, -0.1) is 15.3 Å². The Labute approximate surface area is 161 Å². The summed E-state index contributed by atoms with van der Waals surface area (Å²) in [5.74, 6) is -3.35. The molecule has 0 bridgehead atoms. The number of azo groups is 1. The number of aromatic carboxylic acids is 1. The van der Waals surface area contributed by atoms with Crippen LogP contribution in [0.3, 0.4) is 0 Å². The Bertz CT molecular complexity index is 1280. The molecule has 3 rings (SSSR count). The van der Waals surface area contributed by atoms with E-state index in [2.05, 4.69) is 30.7 Å². The molecule has 0 saturated heterocycles. The lowest BCUT2D eigenvalue weighted by molar-refractivity contribution is -0.114. The van der Waals surface area contributed by atoms with E-state index in [1.807, 2.05) is 0 Å². The molecule has 1 heterocycles. The van der Waals surface area contributed by atoms with Crippen molar-refractivity contribution in [1.29, 1.82) is 0 Å². The maximum atomic E-state index is 11.8. The van der Waals surface area contributed by atoms with E-state index in [9.17, 15) is 27.7 Å². The van der Waals surface area contributed by atoms with Gasteiger partial charge in [-0.1, -0.05) is 0 Å². The lowest BCUT2D eigenvalue weighted by atomic mass is 10.1. The van der Waals surface area contributed by atoms with Crippen molar-refractivity contribution in [2.45, 2.75) is 11.8 Å². The molecule has 0 spiro atoms. The third-order valence-electron chi connectivity index (χ3n) is 3.56. The molecule has 150 valence electrons. The first-order chi connectivity index (χ1) is 13.6. The predicted molar refractivity (Wildman–Crippen MR) is 97.2 cm³/mol. The van der Waals surface area contributed by atoms with Crippen LogP contribution in [0.25, 0.3) is 10.8 Å². The molecule has 2 aromatic carbocycles. The molecule has 1 amide bonds. The highest BCUT2D eigenvalue weighted by atomic mass is 32.2. The fourth-order valence-corrected chi connectivity index (χ4v) is 3.07. The van der Waals surface area contributed by atoms with Crippen molar-refractivity contribution in [3.05, 3.63) is 30.1 Å². The average molecular weight is 420 g/mol. The average Bonchev–Trinajstić information content (AvgIpc) is 3.08. The number of carbonyl (C=O) groups is 2. The van der Waals surface area contributed by atoms with Gasteiger partial charge >= 0.3 is 5.97 Å². The maximum Gasteiger partial charge on any atom is 0.373 e. The Morgan fingerprint density at radius 2 is 1.93 bits per heavy atom. The molecule has 0 fully saturated rings. The van der Waals surface area contributed by atoms with Gasteiger partial charge in [0, 0.05) is 18.0 Å². The zero-order valence-corrected chi connectivity index (χ0v) is 15.3. The lowest BCUT2D eigenvalue weighted by Gasteiger charge is -2.10. The molecule has 0 aliphatic carbocycles. The van der Waals surface area contributed by atoms with E-state index in [1.165, 1.54) is 25.1 Å². The molecule has 0 unspecified atom stereocenters. The van der Waals surface area contributed by atoms with Crippen LogP contribution in [0.1, 0.15) is 17.5 Å². The Hall–Kier alpha value is -3.91. The quantitative estimate of drug-likeness (QED) is 0.301. The number of rotatable bonds is 5. The van der Waals surface area contributed by atoms with Gasteiger partial charge in [0.15, 0.2) is 5.75 Å². The van der Waals surface area contributed by atoms with Gasteiger partial charge in [0.1, 0.15) is 10.6 Å². The first-order valence-corrected chi connectivity index (χ1v) is 9.12. The molecule has 0 aliphatic heterocycles. The number of carboxylic acid groups (broad SMARTS) is 1. The van der Waals surface area contributed by atoms with Gasteiger partial charge in [0.25, 0.3) is 16.1 Å². The summed E-state index contributed by atoms with van der Waals surface area (Å²) in [7, 11) is -4.84. The van der Waals surface area contributed by atoms with Crippen LogP contribution in [0, 0.1) is 0 Å². The fourth-order valence-electron chi connectivity index (χ4n) is 2.41. The predicted octanol–water partition coefficient (Wildman–Crippen LogP) is 1.98. The summed E-state index contributed by atoms with van der Waals surface area (Å²) < 4.78 is 33.1. The van der Waals surface area contributed by atoms with E-state index in [0.717, 1.165) is 6.07 Å². The Balaban J connectivity index is 2.16. The number of aromatic hydroxyl groups is 1. The van der Waals surface area contributed by atoms with Gasteiger partial charge in [-0.05, 0) is 29.7 Å². The van der Waals surface area contributed by atoms with E-state index in [0.29, 0.717) is 5.69 Å². The monoisotopic (exact) mass is 420 g/mol. The summed E-state index contributed by atoms with van der Waals surface area (Å²) in [6.07, 6.45) is 0. The van der Waals surface area contributed by atoms with Crippen molar-refractivity contribution in [2.24, 2.45) is 10.2 Å². The number of nitrogens with zero attached hydrogens (tertiary/aromatic N) is 4. The highest BCUT2D eigenvalue weighted by Gasteiger charge is 2.22. The van der Waals surface area contributed by atoms with E-state index in [4.69, 9.17) is 5.11 Å². The molecule has 0 atom stereocenters. The number of nitrogens with one attached hydrogen (secondary N) is 2. The van der Waals surface area contributed by atoms with E-state index in [-0.39, 0.29) is 16.7 Å². The van der Waals surface area contributed by atoms with Crippen molar-refractivity contribution >= 4 is 50.1 Å². The summed E-state index contributed by atoms with van der Waals surface area (Å²) in [6.45, 7) is 1.29. The van der Waals surface area contributed by atoms with Crippen molar-refractivity contribution < 1.29 is 32.8 Å². The van der Waals surface area contributed by atoms with Crippen LogP contribution in [0.2, 0.25) is 0 Å². The SMILES string of the molecule is CC(=O)Nc1ccc2c(O)c(N=Nc3n[nH]c(C(=O)O)n3)c(S(=O)(=O)O)cc2c1. The standard InChI is InChI=1S/C15H12N6O7S/c1-6(22)16-8-2-3-9-7(4-8)5-10(29(26,27)28)11(12(9)23)18-20-15-17-13(14(24)25)19-21-15/h2-5,23H,1H3,(H,16,22)(H,24,25)(H,17,19,21)(H,26,27,28). The maximum absolute atomic E-state index is 11.8. The minimum Gasteiger partial charge on any atom is -0.505 e. The van der Waals surface area contributed by atoms with Gasteiger partial charge in [0.2, 0.25) is 11.7 Å². The number of phenolic OH excluding ortho intramolecular Hbond substituents is 1. The second-order valence-electron chi connectivity index (χ2n) is 5.65. The van der Waals surface area contributed by atoms with Crippen LogP contribution in [-0.4, -0.2) is 50.2 Å². The molecule has 29 heavy (non-hydrogen) atoms. The molecule has 0 aliphatic rings. The van der Waals surface area contributed by atoms with Gasteiger partial charge in [0.05, 0.1) is 0 Å². The van der Waals surface area contributed by atoms with Gasteiger partial charge < -0.3 is 15.5 Å². The summed E-state index contributed by atoms with van der Waals surface area (Å²) in [5.41, 5.74) is -0.268. The lowest BCUT2D eigenvalue weighted by Crippen LogP contribution is -2.05. The van der Waals surface area contributed by atoms with Gasteiger partial charge in [-0.2, -0.15) is 13.4 Å². The Morgan fingerprint density at radius 3 is 2.52 bits per heavy atom. The highest BCUT2D eigenvalue weighted by Crippen LogP contribution is 2.41. The molecule has 0 saturated carbocycles. The second kappa shape index (κ2) is 7.25. The molecule has 0 radical (unpaired) electrons. The van der Waals surface area contributed by atoms with Crippen LogP contribution < -0.4 is 5.32 Å². The molecule has 5 N–H and O–H groups in total. The van der Waals surface area contributed by atoms with Crippen LogP contribution >= 0.6 is 0 Å². The van der Waals surface area contributed by atoms with Gasteiger partial charge in [-0.3, -0.25) is 14.4 Å². The number of hydrogen-bond donors (Lipinski definition) is 5. The molecule has 13 nitrogen and oxygen atoms in total. The number of anilines is 1. The van der Waals surface area contributed by atoms with Crippen molar-refractivity contribution in [3.8, 4) is 5.75 Å². The van der Waals surface area contributed by atoms with Crippen molar-refractivity contribution in [2.75, 3.05) is 5.32 Å². The number of H-pyrrole nitrogens is 1. The van der Waals surface area contributed by atoms with Gasteiger partial charge in [-0.25, -0.2) is 4.79 Å². The van der Waals surface area contributed by atoms with E-state index < -0.39 is 44.2 Å². The first-order valence-electron chi connectivity index (χ1n) is 7.68. The zero-order valence-electron chi connectivity index (χ0n) is 14.5. The summed E-state index contributed by atoms with van der Waals surface area (Å²) in [5, 5.41) is 34.7. The number of fused-ring (bicyclic) bond motifs is 1. The molecule has 3 aromatic rings. The van der Waals surface area contributed by atoms with Crippen molar-refractivity contribution in [3.63, 3.8) is 0 Å². The highest BCUT2D eigenvalue weighted by molar-refractivity contribution is 7.86.